The number of phenolic OH excluding ortho intramolecular Hbond substituents is 3. The third-order valence-electron chi connectivity index (χ3n) is 14.0. The van der Waals surface area contributed by atoms with E-state index in [1.807, 2.05) is 13.8 Å². The Labute approximate surface area is 459 Å². The lowest BCUT2D eigenvalue weighted by Crippen LogP contribution is -2.39. The van der Waals surface area contributed by atoms with E-state index < -0.39 is 36.0 Å². The second-order valence-corrected chi connectivity index (χ2v) is 21.0. The molecule has 8 heterocycles. The highest BCUT2D eigenvalue weighted by Gasteiger charge is 2.36. The molecule has 0 aliphatic carbocycles. The van der Waals surface area contributed by atoms with Crippen molar-refractivity contribution < 1.29 is 71.4 Å². The topological polar surface area (TPSA) is 276 Å². The molecule has 0 unspecified atom stereocenters. The van der Waals surface area contributed by atoms with Crippen molar-refractivity contribution in [2.75, 3.05) is 59.3 Å². The van der Waals surface area contributed by atoms with Gasteiger partial charge in [0.05, 0.1) is 72.9 Å². The number of aromatic hydroxyl groups is 3. The van der Waals surface area contributed by atoms with Crippen molar-refractivity contribution in [3.05, 3.63) is 143 Å². The average molecular weight is 1110 g/mol. The van der Waals surface area contributed by atoms with Crippen molar-refractivity contribution >= 4 is 64.9 Å². The van der Waals surface area contributed by atoms with Crippen LogP contribution in [0.1, 0.15) is 95.1 Å². The van der Waals surface area contributed by atoms with Gasteiger partial charge in [-0.25, -0.2) is 24.0 Å². The largest absolute Gasteiger partial charge is 0.507 e. The minimum Gasteiger partial charge on any atom is -0.507 e. The molecule has 22 heteroatoms. The Morgan fingerprint density at radius 1 is 0.608 bits per heavy atom. The molecule has 5 aliphatic heterocycles. The Bertz CT molecular complexity index is 3530. The van der Waals surface area contributed by atoms with Gasteiger partial charge in [-0.3, -0.25) is 4.79 Å². The highest BCUT2D eigenvalue weighted by molar-refractivity contribution is 7.59. The van der Waals surface area contributed by atoms with Gasteiger partial charge in [0.2, 0.25) is 0 Å². The van der Waals surface area contributed by atoms with Gasteiger partial charge in [0.25, 0.3) is 0 Å². The summed E-state index contributed by atoms with van der Waals surface area (Å²) >= 11 is 0. The van der Waals surface area contributed by atoms with Crippen LogP contribution in [0.4, 0.5) is 9.59 Å². The zero-order chi connectivity index (χ0) is 55.6. The highest BCUT2D eigenvalue weighted by Crippen LogP contribution is 2.42. The highest BCUT2D eigenvalue weighted by atomic mass is 32.1. The van der Waals surface area contributed by atoms with Crippen molar-refractivity contribution in [1.29, 1.82) is 0 Å². The number of phenols is 3. The van der Waals surface area contributed by atoms with Gasteiger partial charge in [-0.1, -0.05) is 53.0 Å². The van der Waals surface area contributed by atoms with Crippen LogP contribution in [0.3, 0.4) is 0 Å². The molecule has 2 amide bonds. The Morgan fingerprint density at radius 2 is 1.00 bits per heavy atom. The van der Waals surface area contributed by atoms with Crippen LogP contribution in [0, 0.1) is 10.8 Å². The lowest BCUT2D eigenvalue weighted by Gasteiger charge is -2.35. The quantitative estimate of drug-likeness (QED) is 0.0681. The van der Waals surface area contributed by atoms with Gasteiger partial charge in [-0.15, -0.1) is 0 Å². The standard InChI is InChI=1S/C22H25NO7.C18H21NO5.C17H15NO6.H2S/c1-4-9-27-21(26)23-8-7-13-14-5-6-16(24)17(18(14)30-19(25)15(13)10-23)20-28-11-22(2,3)12-29-20;1-18(2)8-22-17(23-9-18)14-13(20)4-3-11-10-5-6-19-7-12(10)16(21)24-15(11)14;1-2-7-23-17(22)18-6-5-10-11-3-4-14(20)13(9-19)15(11)24-16(21)12(10)8-18;/h4-6,20,24H,1,7-12H2,2-3H3;3-4,17,19-20H,5-9H2,1-2H3;2-4,9,20H,1,5-8H2;1H2. The van der Waals surface area contributed by atoms with Crippen molar-refractivity contribution in [3.8, 4) is 17.2 Å². The van der Waals surface area contributed by atoms with Gasteiger partial charge in [-0.05, 0) is 78.9 Å². The number of nitrogens with one attached hydrogen (secondary N) is 1. The Kier molecular flexibility index (Phi) is 17.4. The lowest BCUT2D eigenvalue weighted by molar-refractivity contribution is -0.226. The second kappa shape index (κ2) is 23.9. The smallest absolute Gasteiger partial charge is 0.410 e. The van der Waals surface area contributed by atoms with Crippen LogP contribution in [0.25, 0.3) is 32.9 Å². The van der Waals surface area contributed by atoms with Crippen molar-refractivity contribution in [2.45, 2.75) is 79.2 Å². The summed E-state index contributed by atoms with van der Waals surface area (Å²) in [4.78, 5) is 75.5. The van der Waals surface area contributed by atoms with E-state index in [0.717, 1.165) is 35.0 Å². The molecular weight excluding hydrogens is 1050 g/mol. The van der Waals surface area contributed by atoms with E-state index in [2.05, 4.69) is 32.3 Å². The van der Waals surface area contributed by atoms with E-state index in [1.54, 1.807) is 30.3 Å². The predicted molar refractivity (Wildman–Crippen MR) is 292 cm³/mol. The summed E-state index contributed by atoms with van der Waals surface area (Å²) in [7, 11) is 0. The normalized spacial score (nSPS) is 17.6. The molecular formula is C57H63N3O18S. The van der Waals surface area contributed by atoms with E-state index in [4.69, 9.17) is 41.7 Å². The molecule has 3 aromatic heterocycles. The molecule has 5 aliphatic rings. The lowest BCUT2D eigenvalue weighted by atomic mass is 9.94. The van der Waals surface area contributed by atoms with Crippen molar-refractivity contribution in [3.63, 3.8) is 0 Å². The van der Waals surface area contributed by atoms with E-state index in [0.29, 0.717) is 109 Å². The Morgan fingerprint density at radius 3 is 1.43 bits per heavy atom. The first-order valence-electron chi connectivity index (χ1n) is 25.4. The number of fused-ring (bicyclic) bond motifs is 9. The monoisotopic (exact) mass is 1110 g/mol. The van der Waals surface area contributed by atoms with Crippen LogP contribution in [-0.4, -0.2) is 103 Å². The van der Waals surface area contributed by atoms with Gasteiger partial charge in [-0.2, -0.15) is 13.5 Å². The first-order chi connectivity index (χ1) is 37.3. The fraction of sp³-hybridized carbons (Fsp3) is 0.404. The fourth-order valence-electron chi connectivity index (χ4n) is 9.99. The van der Waals surface area contributed by atoms with Gasteiger partial charge < -0.3 is 72.1 Å². The summed E-state index contributed by atoms with van der Waals surface area (Å²) in [6, 6.07) is 9.67. The summed E-state index contributed by atoms with van der Waals surface area (Å²) in [6.45, 7) is 19.5. The first-order valence-corrected chi connectivity index (χ1v) is 25.4. The molecule has 0 radical (unpaired) electrons. The van der Waals surface area contributed by atoms with Crippen molar-refractivity contribution in [2.24, 2.45) is 10.8 Å². The Hall–Kier alpha value is -7.47. The minimum absolute atomic E-state index is 0. The molecule has 0 atom stereocenters. The van der Waals surface area contributed by atoms with Crippen molar-refractivity contribution in [1.82, 2.24) is 15.1 Å². The summed E-state index contributed by atoms with van der Waals surface area (Å²) in [5.41, 5.74) is 3.51. The zero-order valence-electron chi connectivity index (χ0n) is 44.2. The van der Waals surface area contributed by atoms with E-state index in [-0.39, 0.29) is 90.2 Å². The van der Waals surface area contributed by atoms with Gasteiger partial charge in [0.15, 0.2) is 35.6 Å². The average Bonchev–Trinajstić information content (AvgIpc) is 3.51. The fourth-order valence-corrected chi connectivity index (χ4v) is 9.99. The maximum atomic E-state index is 12.8. The molecule has 4 N–H and O–H groups in total. The zero-order valence-corrected chi connectivity index (χ0v) is 45.2. The number of hydrogen-bond acceptors (Lipinski definition) is 19. The second-order valence-electron chi connectivity index (χ2n) is 21.0. The van der Waals surface area contributed by atoms with Gasteiger partial charge in [0.1, 0.15) is 30.5 Å². The third-order valence-corrected chi connectivity index (χ3v) is 14.0. The van der Waals surface area contributed by atoms with Crippen LogP contribution in [-0.2, 0) is 67.3 Å². The number of carbonyl (C=O) groups is 3. The summed E-state index contributed by atoms with van der Waals surface area (Å²) in [6.07, 6.45) is 2.45. The number of rotatable bonds is 7. The number of nitrogens with zero attached hydrogens (tertiary/aromatic N) is 2. The molecule has 6 aromatic rings. The molecule has 0 saturated carbocycles. The Balaban J connectivity index is 0.000000156. The molecule has 79 heavy (non-hydrogen) atoms. The molecule has 21 nitrogen and oxygen atoms in total. The number of amides is 2. The number of ether oxygens (including phenoxy) is 6. The van der Waals surface area contributed by atoms with E-state index in [9.17, 15) is 44.1 Å². The molecule has 420 valence electrons. The van der Waals surface area contributed by atoms with Crippen LogP contribution in [0.2, 0.25) is 0 Å². The van der Waals surface area contributed by atoms with Gasteiger partial charge >= 0.3 is 29.1 Å². The molecule has 2 fully saturated rings. The maximum Gasteiger partial charge on any atom is 0.410 e. The molecule has 2 saturated heterocycles. The number of aldehydes is 1. The first kappa shape index (κ1) is 57.7. The summed E-state index contributed by atoms with van der Waals surface area (Å²) < 4.78 is 49.7. The summed E-state index contributed by atoms with van der Waals surface area (Å²) in [5.74, 6) is -0.281. The number of carbonyl (C=O) groups excluding carboxylic acids is 3. The molecule has 0 spiro atoms. The molecule has 11 rings (SSSR count). The molecule has 0 bridgehead atoms. The molecule has 3 aromatic carbocycles. The van der Waals surface area contributed by atoms with E-state index >= 15 is 0 Å². The van der Waals surface area contributed by atoms with E-state index in [1.165, 1.54) is 28.0 Å². The number of hydrogen-bond donors (Lipinski definition) is 4. The van der Waals surface area contributed by atoms with Crippen LogP contribution >= 0.6 is 13.5 Å². The minimum atomic E-state index is -0.822. The maximum absolute atomic E-state index is 12.8. The SMILES string of the molecule is C=CCOC(=O)N1CCc2c(c(=O)oc3c(C4OCC(C)(C)CO4)c(O)ccc23)C1.C=CCOC(=O)N1CCc2c(c(=O)oc3c(C=O)c(O)ccc23)C1.CC1(C)COC(c2c(O)ccc3c4c(c(=O)oc23)CNCC4)OC1.S. The predicted octanol–water partition coefficient (Wildman–Crippen LogP) is 7.57. The van der Waals surface area contributed by atoms with Crippen LogP contribution in [0.5, 0.6) is 17.2 Å². The van der Waals surface area contributed by atoms with Crippen LogP contribution < -0.4 is 22.2 Å². The summed E-state index contributed by atoms with van der Waals surface area (Å²) in [5, 5.41) is 35.9. The third kappa shape index (κ3) is 11.9. The van der Waals surface area contributed by atoms with Crippen LogP contribution in [0.15, 0.2) is 89.3 Å². The van der Waals surface area contributed by atoms with Gasteiger partial charge in [0, 0.05) is 46.6 Å². The number of benzene rings is 3.